The standard InChI is InChI=1S/C40H65N5O10/c1-7-44(31-32-15-13-17-34(42-32)37(47)50-5)21-25-53-29-30-54-27-23-45(22-26-52-28-24-46)36(33-16-14-18-35(43-33)38(48)51-6)19-11-9-8-10-12-20-41-39(49)55-40(2,3)4/h13-18,36,46H,7-12,19-31H2,1-6H3,(H,41,49). The van der Waals surface area contributed by atoms with Gasteiger partial charge in [0, 0.05) is 32.7 Å². The number of ether oxygens (including phenoxy) is 6. The van der Waals surface area contributed by atoms with E-state index < -0.39 is 23.6 Å². The number of pyridine rings is 2. The summed E-state index contributed by atoms with van der Waals surface area (Å²) < 4.78 is 32.6. The molecular formula is C40H65N5O10. The molecule has 1 atom stereocenters. The van der Waals surface area contributed by atoms with Crippen molar-refractivity contribution in [1.29, 1.82) is 0 Å². The number of esters is 2. The molecule has 0 bridgehead atoms. The molecule has 0 aliphatic rings. The number of aliphatic hydroxyl groups excluding tert-OH is 1. The van der Waals surface area contributed by atoms with Crippen LogP contribution in [0.15, 0.2) is 36.4 Å². The van der Waals surface area contributed by atoms with E-state index in [2.05, 4.69) is 27.0 Å². The molecule has 15 nitrogen and oxygen atoms in total. The zero-order chi connectivity index (χ0) is 40.3. The number of rotatable bonds is 29. The lowest BCUT2D eigenvalue weighted by Gasteiger charge is -2.31. The Morgan fingerprint density at radius 3 is 1.96 bits per heavy atom. The summed E-state index contributed by atoms with van der Waals surface area (Å²) in [6.45, 7) is 13.9. The first-order valence-electron chi connectivity index (χ1n) is 19.4. The third-order valence-electron chi connectivity index (χ3n) is 8.51. The SMILES string of the molecule is CCN(CCOCCOCCN(CCOCCO)C(CCCCCCCNC(=O)OC(C)(C)C)c1cccc(C(=O)OC)n1)Cc1cccc(C(=O)OC)n1. The Hall–Kier alpha value is -3.73. The number of likely N-dealkylation sites (N-methyl/N-ethyl adjacent to an activating group) is 1. The van der Waals surface area contributed by atoms with Gasteiger partial charge in [-0.15, -0.1) is 0 Å². The van der Waals surface area contributed by atoms with Crippen LogP contribution in [0.4, 0.5) is 4.79 Å². The van der Waals surface area contributed by atoms with Gasteiger partial charge in [-0.3, -0.25) is 9.80 Å². The van der Waals surface area contributed by atoms with Gasteiger partial charge in [0.25, 0.3) is 0 Å². The summed E-state index contributed by atoms with van der Waals surface area (Å²) in [7, 11) is 2.68. The van der Waals surface area contributed by atoms with Gasteiger partial charge in [-0.1, -0.05) is 44.7 Å². The molecule has 55 heavy (non-hydrogen) atoms. The van der Waals surface area contributed by atoms with Crippen LogP contribution >= 0.6 is 0 Å². The van der Waals surface area contributed by atoms with Crippen LogP contribution < -0.4 is 5.32 Å². The highest BCUT2D eigenvalue weighted by atomic mass is 16.6. The van der Waals surface area contributed by atoms with Crippen molar-refractivity contribution in [1.82, 2.24) is 25.1 Å². The monoisotopic (exact) mass is 775 g/mol. The summed E-state index contributed by atoms with van der Waals surface area (Å²) in [4.78, 5) is 49.7. The number of methoxy groups -OCH3 is 2. The van der Waals surface area contributed by atoms with Gasteiger partial charge in [0.05, 0.1) is 77.9 Å². The summed E-state index contributed by atoms with van der Waals surface area (Å²) in [6.07, 6.45) is 5.17. The van der Waals surface area contributed by atoms with E-state index >= 15 is 0 Å². The van der Waals surface area contributed by atoms with Crippen molar-refractivity contribution in [2.24, 2.45) is 0 Å². The lowest BCUT2D eigenvalue weighted by Crippen LogP contribution is -2.36. The quantitative estimate of drug-likeness (QED) is 0.0655. The molecule has 0 saturated carbocycles. The first-order valence-corrected chi connectivity index (χ1v) is 19.4. The molecule has 0 radical (unpaired) electrons. The van der Waals surface area contributed by atoms with Gasteiger partial charge in [-0.05, 0) is 64.4 Å². The van der Waals surface area contributed by atoms with E-state index in [9.17, 15) is 19.5 Å². The summed E-state index contributed by atoms with van der Waals surface area (Å²) in [5, 5.41) is 12.1. The van der Waals surface area contributed by atoms with Crippen LogP contribution in [0.1, 0.15) is 105 Å². The molecule has 2 heterocycles. The predicted octanol–water partition coefficient (Wildman–Crippen LogP) is 4.82. The van der Waals surface area contributed by atoms with Crippen molar-refractivity contribution in [3.8, 4) is 0 Å². The second-order valence-corrected chi connectivity index (χ2v) is 13.9. The van der Waals surface area contributed by atoms with Gasteiger partial charge in [0.2, 0.25) is 0 Å². The fourth-order valence-corrected chi connectivity index (χ4v) is 5.70. The Morgan fingerprint density at radius 2 is 1.35 bits per heavy atom. The molecule has 0 saturated heterocycles. The van der Waals surface area contributed by atoms with Crippen molar-refractivity contribution in [2.75, 3.05) is 93.2 Å². The van der Waals surface area contributed by atoms with Crippen molar-refractivity contribution in [3.05, 3.63) is 59.2 Å². The molecule has 310 valence electrons. The van der Waals surface area contributed by atoms with E-state index in [4.69, 9.17) is 33.4 Å². The zero-order valence-electron chi connectivity index (χ0n) is 33.9. The number of aliphatic hydroxyl groups is 1. The minimum Gasteiger partial charge on any atom is -0.464 e. The van der Waals surface area contributed by atoms with Crippen LogP contribution in [-0.2, 0) is 35.0 Å². The smallest absolute Gasteiger partial charge is 0.407 e. The minimum absolute atomic E-state index is 0.0575. The summed E-state index contributed by atoms with van der Waals surface area (Å²) in [6, 6.07) is 10.6. The van der Waals surface area contributed by atoms with E-state index in [1.54, 1.807) is 18.2 Å². The van der Waals surface area contributed by atoms with Crippen LogP contribution in [0.5, 0.6) is 0 Å². The number of amides is 1. The largest absolute Gasteiger partial charge is 0.464 e. The van der Waals surface area contributed by atoms with Gasteiger partial charge >= 0.3 is 18.0 Å². The molecule has 0 fully saturated rings. The van der Waals surface area contributed by atoms with E-state index in [-0.39, 0.29) is 30.6 Å². The average Bonchev–Trinajstić information content (AvgIpc) is 3.17. The molecule has 0 spiro atoms. The lowest BCUT2D eigenvalue weighted by molar-refractivity contribution is 0.0167. The summed E-state index contributed by atoms with van der Waals surface area (Å²) >= 11 is 0. The number of nitrogens with zero attached hydrogens (tertiary/aromatic N) is 4. The molecule has 2 aromatic heterocycles. The van der Waals surface area contributed by atoms with Crippen molar-refractivity contribution >= 4 is 18.0 Å². The van der Waals surface area contributed by atoms with Crippen LogP contribution in [0.3, 0.4) is 0 Å². The maximum absolute atomic E-state index is 12.4. The van der Waals surface area contributed by atoms with Crippen LogP contribution in [-0.4, -0.2) is 142 Å². The minimum atomic E-state index is -0.522. The van der Waals surface area contributed by atoms with Crippen LogP contribution in [0, 0.1) is 0 Å². The number of alkyl carbamates (subject to hydrolysis) is 1. The molecule has 0 aliphatic heterocycles. The van der Waals surface area contributed by atoms with E-state index in [1.165, 1.54) is 14.2 Å². The number of hydrogen-bond acceptors (Lipinski definition) is 14. The zero-order valence-corrected chi connectivity index (χ0v) is 33.9. The maximum atomic E-state index is 12.4. The molecule has 2 rings (SSSR count). The lowest BCUT2D eigenvalue weighted by atomic mass is 10.0. The Kier molecular flexibility index (Phi) is 24.0. The molecule has 15 heteroatoms. The van der Waals surface area contributed by atoms with Gasteiger partial charge in [0.1, 0.15) is 17.0 Å². The van der Waals surface area contributed by atoms with Crippen LogP contribution in [0.2, 0.25) is 0 Å². The van der Waals surface area contributed by atoms with Gasteiger partial charge in [0.15, 0.2) is 0 Å². The molecular weight excluding hydrogens is 710 g/mol. The predicted molar refractivity (Wildman–Crippen MR) is 208 cm³/mol. The Balaban J connectivity index is 1.91. The number of unbranched alkanes of at least 4 members (excludes halogenated alkanes) is 4. The number of nitrogens with one attached hydrogen (secondary N) is 1. The maximum Gasteiger partial charge on any atom is 0.407 e. The fourth-order valence-electron chi connectivity index (χ4n) is 5.70. The molecule has 2 N–H and O–H groups in total. The highest BCUT2D eigenvalue weighted by Gasteiger charge is 2.23. The topological polar surface area (TPSA) is 171 Å². The fraction of sp³-hybridized carbons (Fsp3) is 0.675. The first-order chi connectivity index (χ1) is 26.5. The Labute approximate surface area is 327 Å². The average molecular weight is 776 g/mol. The summed E-state index contributed by atoms with van der Waals surface area (Å²) in [5.41, 5.74) is 1.57. The van der Waals surface area contributed by atoms with Crippen molar-refractivity contribution in [2.45, 2.75) is 84.4 Å². The van der Waals surface area contributed by atoms with Crippen LogP contribution in [0.25, 0.3) is 0 Å². The number of carbonyl (C=O) groups is 3. The third-order valence-corrected chi connectivity index (χ3v) is 8.51. The Morgan fingerprint density at radius 1 is 0.764 bits per heavy atom. The third kappa shape index (κ3) is 20.7. The molecule has 1 unspecified atom stereocenters. The van der Waals surface area contributed by atoms with Gasteiger partial charge in [-0.25, -0.2) is 24.4 Å². The first kappa shape index (κ1) is 47.4. The number of carbonyl (C=O) groups excluding carboxylic acids is 3. The number of aromatic nitrogens is 2. The second-order valence-electron chi connectivity index (χ2n) is 13.9. The van der Waals surface area contributed by atoms with Crippen molar-refractivity contribution < 1.29 is 47.9 Å². The molecule has 0 aromatic carbocycles. The van der Waals surface area contributed by atoms with E-state index in [1.807, 2.05) is 39.0 Å². The van der Waals surface area contributed by atoms with E-state index in [0.717, 1.165) is 56.5 Å². The highest BCUT2D eigenvalue weighted by Crippen LogP contribution is 2.26. The van der Waals surface area contributed by atoms with Crippen molar-refractivity contribution in [3.63, 3.8) is 0 Å². The molecule has 0 aliphatic carbocycles. The molecule has 2 aromatic rings. The molecule has 1 amide bonds. The highest BCUT2D eigenvalue weighted by molar-refractivity contribution is 5.87. The summed E-state index contributed by atoms with van der Waals surface area (Å²) in [5.74, 6) is -0.950. The Bertz CT molecular complexity index is 1380. The van der Waals surface area contributed by atoms with E-state index in [0.29, 0.717) is 65.8 Å². The van der Waals surface area contributed by atoms with Gasteiger partial charge in [-0.2, -0.15) is 0 Å². The second kappa shape index (κ2) is 27.8. The normalized spacial score (nSPS) is 12.2. The number of hydrogen-bond donors (Lipinski definition) is 2. The van der Waals surface area contributed by atoms with Gasteiger partial charge < -0.3 is 38.8 Å².